The van der Waals surface area contributed by atoms with Crippen molar-refractivity contribution in [3.63, 3.8) is 0 Å². The van der Waals surface area contributed by atoms with Crippen molar-refractivity contribution in [2.24, 2.45) is 0 Å². The molecule has 1 atom stereocenters. The van der Waals surface area contributed by atoms with E-state index in [-0.39, 0.29) is 23.4 Å². The topological polar surface area (TPSA) is 140 Å². The highest BCUT2D eigenvalue weighted by molar-refractivity contribution is 7.98. The molecule has 4 aromatic rings. The van der Waals surface area contributed by atoms with Gasteiger partial charge in [0.05, 0.1) is 40.0 Å². The number of esters is 1. The van der Waals surface area contributed by atoms with Crippen LogP contribution in [0.3, 0.4) is 0 Å². The highest BCUT2D eigenvalue weighted by Crippen LogP contribution is 2.42. The average molecular weight is 542 g/mol. The molecule has 5 rings (SSSR count). The molecule has 2 N–H and O–H groups in total. The summed E-state index contributed by atoms with van der Waals surface area (Å²) >= 11 is 1.28. The van der Waals surface area contributed by atoms with Crippen molar-refractivity contribution in [2.45, 2.75) is 23.8 Å². The number of thioether (sulfide) groups is 1. The number of nitro groups is 1. The van der Waals surface area contributed by atoms with E-state index in [9.17, 15) is 19.7 Å². The minimum atomic E-state index is -0.818. The Kier molecular flexibility index (Phi) is 7.50. The molecule has 1 aliphatic rings. The van der Waals surface area contributed by atoms with Crippen molar-refractivity contribution in [1.82, 2.24) is 15.0 Å². The molecule has 196 valence electrons. The zero-order valence-corrected chi connectivity index (χ0v) is 21.6. The van der Waals surface area contributed by atoms with E-state index in [1.807, 2.05) is 30.3 Å². The molecule has 2 aromatic carbocycles. The van der Waals surface area contributed by atoms with Crippen LogP contribution < -0.4 is 10.9 Å². The first-order chi connectivity index (χ1) is 19.0. The van der Waals surface area contributed by atoms with Crippen molar-refractivity contribution in [2.75, 3.05) is 11.9 Å². The van der Waals surface area contributed by atoms with E-state index in [2.05, 4.69) is 15.3 Å². The molecule has 0 fully saturated rings. The summed E-state index contributed by atoms with van der Waals surface area (Å²) in [7, 11) is 0. The quantitative estimate of drug-likeness (QED) is 0.105. The number of H-pyrrole nitrogens is 1. The van der Waals surface area contributed by atoms with Crippen LogP contribution in [-0.2, 0) is 15.3 Å². The Morgan fingerprint density at radius 2 is 1.82 bits per heavy atom. The van der Waals surface area contributed by atoms with E-state index in [0.717, 1.165) is 11.1 Å². The summed E-state index contributed by atoms with van der Waals surface area (Å²) in [5.74, 6) is -0.630. The summed E-state index contributed by atoms with van der Waals surface area (Å²) in [6, 6.07) is 20.8. The van der Waals surface area contributed by atoms with E-state index in [1.54, 1.807) is 43.5 Å². The van der Waals surface area contributed by atoms with Gasteiger partial charge >= 0.3 is 5.97 Å². The first-order valence-electron chi connectivity index (χ1n) is 12.1. The maximum absolute atomic E-state index is 13.5. The zero-order valence-electron chi connectivity index (χ0n) is 20.8. The minimum absolute atomic E-state index is 0.00598. The number of nitro benzene ring substituents is 1. The van der Waals surface area contributed by atoms with Gasteiger partial charge in [-0.3, -0.25) is 19.9 Å². The molecule has 3 heterocycles. The lowest BCUT2D eigenvalue weighted by Gasteiger charge is -2.29. The molecular weight excluding hydrogens is 518 g/mol. The summed E-state index contributed by atoms with van der Waals surface area (Å²) < 4.78 is 5.43. The summed E-state index contributed by atoms with van der Waals surface area (Å²) in [4.78, 5) is 49.4. The number of non-ortho nitro benzene ring substituents is 1. The fourth-order valence-electron chi connectivity index (χ4n) is 4.34. The van der Waals surface area contributed by atoms with Crippen LogP contribution in [0.5, 0.6) is 0 Å². The number of aromatic nitrogens is 3. The number of nitrogens with zero attached hydrogens (tertiary/aromatic N) is 3. The number of carbonyl (C=O) groups is 1. The van der Waals surface area contributed by atoms with E-state index in [4.69, 9.17) is 9.72 Å². The second-order valence-corrected chi connectivity index (χ2v) is 9.50. The Bertz CT molecular complexity index is 1610. The normalized spacial score (nSPS) is 14.3. The van der Waals surface area contributed by atoms with Gasteiger partial charge in [-0.1, -0.05) is 60.3 Å². The first-order valence-corrected chi connectivity index (χ1v) is 13.1. The van der Waals surface area contributed by atoms with E-state index in [0.29, 0.717) is 28.1 Å². The van der Waals surface area contributed by atoms with Gasteiger partial charge in [-0.05, 0) is 30.2 Å². The van der Waals surface area contributed by atoms with Gasteiger partial charge in [-0.15, -0.1) is 0 Å². The van der Waals surface area contributed by atoms with Crippen LogP contribution in [-0.4, -0.2) is 32.5 Å². The van der Waals surface area contributed by atoms with Gasteiger partial charge in [0.25, 0.3) is 11.2 Å². The molecule has 0 bridgehead atoms. The van der Waals surface area contributed by atoms with Gasteiger partial charge in [-0.25, -0.2) is 9.78 Å². The lowest BCUT2D eigenvalue weighted by molar-refractivity contribution is -0.384. The smallest absolute Gasteiger partial charge is 0.337 e. The highest BCUT2D eigenvalue weighted by Gasteiger charge is 2.38. The molecule has 0 spiro atoms. The molecule has 39 heavy (non-hydrogen) atoms. The van der Waals surface area contributed by atoms with Crippen LogP contribution >= 0.6 is 11.8 Å². The van der Waals surface area contributed by atoms with Crippen LogP contribution in [0, 0.1) is 10.1 Å². The third-order valence-corrected chi connectivity index (χ3v) is 7.03. The summed E-state index contributed by atoms with van der Waals surface area (Å²) in [6.45, 7) is 1.89. The fraction of sp³-hybridized carbons (Fsp3) is 0.143. The molecule has 1 unspecified atom stereocenters. The Balaban J connectivity index is 1.59. The molecule has 2 aromatic heterocycles. The maximum Gasteiger partial charge on any atom is 0.337 e. The summed E-state index contributed by atoms with van der Waals surface area (Å²) in [6.07, 6.45) is 1.61. The molecule has 11 heteroatoms. The number of pyridine rings is 1. The monoisotopic (exact) mass is 541 g/mol. The van der Waals surface area contributed by atoms with Gasteiger partial charge in [0, 0.05) is 24.1 Å². The van der Waals surface area contributed by atoms with Crippen molar-refractivity contribution < 1.29 is 14.5 Å². The number of ether oxygens (including phenoxy) is 1. The van der Waals surface area contributed by atoms with Gasteiger partial charge in [0.1, 0.15) is 5.82 Å². The highest BCUT2D eigenvalue weighted by atomic mass is 32.2. The zero-order chi connectivity index (χ0) is 27.4. The standard InChI is InChI=1S/C28H23N5O5S/c1-2-38-27(35)22-21(20-10-6-7-15-29-20)23-25(30-24(22)18-8-4-3-5-9-18)31-28(32-26(23)34)39-16-17-11-13-19(14-12-17)33(36)37/h3-15,21H,2,16H2,1H3,(H2,30,31,32,34). The number of anilines is 1. The van der Waals surface area contributed by atoms with Crippen molar-refractivity contribution in [3.05, 3.63) is 127 Å². The van der Waals surface area contributed by atoms with Crippen LogP contribution in [0.2, 0.25) is 0 Å². The van der Waals surface area contributed by atoms with Gasteiger partial charge in [0.2, 0.25) is 0 Å². The number of rotatable bonds is 8. The third kappa shape index (κ3) is 5.43. The lowest BCUT2D eigenvalue weighted by atomic mass is 9.83. The SMILES string of the molecule is CCOC(=O)C1=C(c2ccccc2)Nc2nc(SCc3ccc([N+](=O)[O-])cc3)[nH]c(=O)c2C1c1ccccn1. The number of nitrogens with one attached hydrogen (secondary N) is 2. The molecule has 0 saturated carbocycles. The minimum Gasteiger partial charge on any atom is -0.463 e. The lowest BCUT2D eigenvalue weighted by Crippen LogP contribution is -2.31. The molecule has 1 aliphatic heterocycles. The van der Waals surface area contributed by atoms with E-state index in [1.165, 1.54) is 23.9 Å². The Morgan fingerprint density at radius 1 is 1.08 bits per heavy atom. The largest absolute Gasteiger partial charge is 0.463 e. The number of carbonyl (C=O) groups excluding carboxylic acids is 1. The fourth-order valence-corrected chi connectivity index (χ4v) is 5.15. The summed E-state index contributed by atoms with van der Waals surface area (Å²) in [5.41, 5.74) is 2.68. The molecular formula is C28H23N5O5S. The summed E-state index contributed by atoms with van der Waals surface area (Å²) in [5, 5.41) is 14.5. The number of benzene rings is 2. The van der Waals surface area contributed by atoms with Crippen LogP contribution in [0.25, 0.3) is 5.70 Å². The predicted octanol–water partition coefficient (Wildman–Crippen LogP) is 4.90. The second-order valence-electron chi connectivity index (χ2n) is 8.53. The van der Waals surface area contributed by atoms with Crippen molar-refractivity contribution in [1.29, 1.82) is 0 Å². The van der Waals surface area contributed by atoms with E-state index >= 15 is 0 Å². The maximum atomic E-state index is 13.5. The first kappa shape index (κ1) is 25.9. The predicted molar refractivity (Wildman–Crippen MR) is 147 cm³/mol. The van der Waals surface area contributed by atoms with Crippen LogP contribution in [0.1, 0.15) is 35.2 Å². The Morgan fingerprint density at radius 3 is 2.49 bits per heavy atom. The average Bonchev–Trinajstić information content (AvgIpc) is 2.96. The Labute approximate surface area is 227 Å². The van der Waals surface area contributed by atoms with Gasteiger partial charge in [-0.2, -0.15) is 0 Å². The van der Waals surface area contributed by atoms with E-state index < -0.39 is 22.4 Å². The van der Waals surface area contributed by atoms with Crippen LogP contribution in [0.4, 0.5) is 11.5 Å². The van der Waals surface area contributed by atoms with Crippen LogP contribution in [0.15, 0.2) is 94.5 Å². The van der Waals surface area contributed by atoms with Gasteiger partial charge in [0.15, 0.2) is 5.16 Å². The van der Waals surface area contributed by atoms with Crippen molar-refractivity contribution in [3.8, 4) is 0 Å². The molecule has 0 amide bonds. The third-order valence-electron chi connectivity index (χ3n) is 6.09. The number of hydrogen-bond donors (Lipinski definition) is 2. The number of aromatic amines is 1. The molecule has 0 saturated heterocycles. The molecule has 10 nitrogen and oxygen atoms in total. The number of hydrogen-bond acceptors (Lipinski definition) is 9. The second kappa shape index (κ2) is 11.3. The van der Waals surface area contributed by atoms with Gasteiger partial charge < -0.3 is 15.0 Å². The number of fused-ring (bicyclic) bond motifs is 1. The van der Waals surface area contributed by atoms with Crippen molar-refractivity contribution >= 4 is 34.9 Å². The molecule has 0 aliphatic carbocycles. The molecule has 0 radical (unpaired) electrons. The Hall–Kier alpha value is -4.77.